The van der Waals surface area contributed by atoms with Gasteiger partial charge in [0.25, 0.3) is 0 Å². The Balaban J connectivity index is 2.20. The predicted molar refractivity (Wildman–Crippen MR) is 107 cm³/mol. The van der Waals surface area contributed by atoms with Gasteiger partial charge in [-0.3, -0.25) is 0 Å². The molecule has 2 rings (SSSR count). The van der Waals surface area contributed by atoms with Gasteiger partial charge in [-0.25, -0.2) is 13.4 Å². The molecule has 1 aromatic carbocycles. The van der Waals surface area contributed by atoms with Crippen LogP contribution in [0.15, 0.2) is 23.1 Å². The van der Waals surface area contributed by atoms with Gasteiger partial charge in [-0.2, -0.15) is 0 Å². The fourth-order valence-electron chi connectivity index (χ4n) is 2.75. The summed E-state index contributed by atoms with van der Waals surface area (Å²) in [6, 6.07) is 5.15. The van der Waals surface area contributed by atoms with Gasteiger partial charge in [-0.1, -0.05) is 31.5 Å². The Morgan fingerprint density at radius 1 is 1.24 bits per heavy atom. The quantitative estimate of drug-likeness (QED) is 0.656. The van der Waals surface area contributed by atoms with Crippen molar-refractivity contribution in [3.8, 4) is 10.4 Å². The zero-order valence-electron chi connectivity index (χ0n) is 15.2. The average molecular weight is 401 g/mol. The summed E-state index contributed by atoms with van der Waals surface area (Å²) in [6.07, 6.45) is 3.19. The summed E-state index contributed by atoms with van der Waals surface area (Å²) in [5, 5.41) is 1.35. The first-order chi connectivity index (χ1) is 11.8. The lowest BCUT2D eigenvalue weighted by Gasteiger charge is -2.16. The van der Waals surface area contributed by atoms with Gasteiger partial charge >= 0.3 is 0 Å². The average Bonchev–Trinajstić information content (AvgIpc) is 2.92. The van der Waals surface area contributed by atoms with Crippen molar-refractivity contribution in [1.29, 1.82) is 0 Å². The summed E-state index contributed by atoms with van der Waals surface area (Å²) in [6.45, 7) is 9.52. The summed E-state index contributed by atoms with van der Waals surface area (Å²) < 4.78 is 23.8. The molecule has 0 radical (unpaired) electrons. The van der Waals surface area contributed by atoms with Gasteiger partial charge in [-0.05, 0) is 50.7 Å². The molecule has 0 unspecified atom stereocenters. The minimum absolute atomic E-state index is 0.169. The molecule has 0 saturated heterocycles. The fraction of sp³-hybridized carbons (Fsp3) is 0.500. The molecule has 1 aromatic heterocycles. The third-order valence-corrected chi connectivity index (χ3v) is 7.04. The number of rotatable bonds is 8. The Bertz CT molecular complexity index is 828. The lowest BCUT2D eigenvalue weighted by Crippen LogP contribution is -2.24. The molecule has 0 amide bonds. The van der Waals surface area contributed by atoms with E-state index in [9.17, 15) is 8.42 Å². The van der Waals surface area contributed by atoms with E-state index >= 15 is 0 Å². The van der Waals surface area contributed by atoms with Gasteiger partial charge in [-0.15, -0.1) is 11.3 Å². The molecule has 7 heteroatoms. The highest BCUT2D eigenvalue weighted by molar-refractivity contribution is 7.90. The van der Waals surface area contributed by atoms with E-state index in [0.717, 1.165) is 53.6 Å². The summed E-state index contributed by atoms with van der Waals surface area (Å²) in [5.41, 5.74) is 1.79. The molecule has 1 heterocycles. The lowest BCUT2D eigenvalue weighted by atomic mass is 10.1. The van der Waals surface area contributed by atoms with Crippen molar-refractivity contribution in [3.05, 3.63) is 33.9 Å². The van der Waals surface area contributed by atoms with Crippen LogP contribution in [0.2, 0.25) is 5.02 Å². The van der Waals surface area contributed by atoms with Gasteiger partial charge in [0.1, 0.15) is 0 Å². The molecular weight excluding hydrogens is 376 g/mol. The molecule has 138 valence electrons. The molecule has 0 saturated carbocycles. The van der Waals surface area contributed by atoms with E-state index in [0.29, 0.717) is 0 Å². The van der Waals surface area contributed by atoms with Crippen LogP contribution in [0.25, 0.3) is 10.4 Å². The van der Waals surface area contributed by atoms with Crippen LogP contribution >= 0.6 is 22.9 Å². The molecule has 0 spiro atoms. The minimum Gasteiger partial charge on any atom is -0.304 e. The number of hydrogen-bond donors (Lipinski definition) is 0. The first-order valence-electron chi connectivity index (χ1n) is 8.44. The highest BCUT2D eigenvalue weighted by atomic mass is 35.5. The number of hydrogen-bond acceptors (Lipinski definition) is 5. The summed E-state index contributed by atoms with van der Waals surface area (Å²) in [4.78, 5) is 8.25. The largest absolute Gasteiger partial charge is 0.304 e. The van der Waals surface area contributed by atoms with Crippen LogP contribution in [0.5, 0.6) is 0 Å². The number of nitrogens with zero attached hydrogens (tertiary/aromatic N) is 2. The van der Waals surface area contributed by atoms with Crippen LogP contribution in [0, 0.1) is 6.92 Å². The normalized spacial score (nSPS) is 12.1. The number of benzene rings is 1. The molecule has 0 atom stereocenters. The van der Waals surface area contributed by atoms with E-state index in [1.807, 2.05) is 13.0 Å². The SMILES string of the molecule is CCN(CC)CCCc1nc(C)c(-c2ccc(Cl)c(S(C)(=O)=O)c2)s1. The number of halogens is 1. The van der Waals surface area contributed by atoms with Crippen molar-refractivity contribution in [1.82, 2.24) is 9.88 Å². The maximum absolute atomic E-state index is 11.9. The predicted octanol–water partition coefficient (Wildman–Crippen LogP) is 4.45. The number of thiazole rings is 1. The Morgan fingerprint density at radius 2 is 1.92 bits per heavy atom. The zero-order valence-corrected chi connectivity index (χ0v) is 17.6. The van der Waals surface area contributed by atoms with Gasteiger partial charge in [0.05, 0.1) is 25.5 Å². The Kier molecular flexibility index (Phi) is 7.02. The van der Waals surface area contributed by atoms with E-state index < -0.39 is 9.84 Å². The summed E-state index contributed by atoms with van der Waals surface area (Å²) in [5.74, 6) is 0. The third kappa shape index (κ3) is 5.26. The zero-order chi connectivity index (χ0) is 18.6. The van der Waals surface area contributed by atoms with E-state index in [4.69, 9.17) is 11.6 Å². The smallest absolute Gasteiger partial charge is 0.177 e. The van der Waals surface area contributed by atoms with Gasteiger partial charge < -0.3 is 4.90 Å². The molecule has 0 fully saturated rings. The molecule has 2 aromatic rings. The Morgan fingerprint density at radius 3 is 2.52 bits per heavy atom. The van der Waals surface area contributed by atoms with Crippen LogP contribution in [0.4, 0.5) is 0 Å². The van der Waals surface area contributed by atoms with Crippen molar-refractivity contribution in [2.75, 3.05) is 25.9 Å². The van der Waals surface area contributed by atoms with Crippen molar-refractivity contribution in [3.63, 3.8) is 0 Å². The molecule has 0 aliphatic carbocycles. The summed E-state index contributed by atoms with van der Waals surface area (Å²) in [7, 11) is -3.35. The molecule has 4 nitrogen and oxygen atoms in total. The second kappa shape index (κ2) is 8.62. The van der Waals surface area contributed by atoms with Gasteiger partial charge in [0.2, 0.25) is 0 Å². The Labute approximate surface area is 159 Å². The maximum Gasteiger partial charge on any atom is 0.177 e. The molecule has 0 bridgehead atoms. The van der Waals surface area contributed by atoms with Gasteiger partial charge in [0, 0.05) is 12.7 Å². The van der Waals surface area contributed by atoms with Crippen molar-refractivity contribution < 1.29 is 8.42 Å². The highest BCUT2D eigenvalue weighted by Crippen LogP contribution is 2.34. The topological polar surface area (TPSA) is 50.3 Å². The van der Waals surface area contributed by atoms with Crippen molar-refractivity contribution in [2.45, 2.75) is 38.5 Å². The van der Waals surface area contributed by atoms with E-state index in [2.05, 4.69) is 23.7 Å². The van der Waals surface area contributed by atoms with E-state index in [-0.39, 0.29) is 9.92 Å². The van der Waals surface area contributed by atoms with Gasteiger partial charge in [0.15, 0.2) is 9.84 Å². The third-order valence-electron chi connectivity index (χ3n) is 4.19. The monoisotopic (exact) mass is 400 g/mol. The molecular formula is C18H25ClN2O2S2. The van der Waals surface area contributed by atoms with E-state index in [1.54, 1.807) is 23.5 Å². The fourth-order valence-corrected chi connectivity index (χ4v) is 5.15. The summed E-state index contributed by atoms with van der Waals surface area (Å²) >= 11 is 7.68. The minimum atomic E-state index is -3.35. The molecule has 0 N–H and O–H groups in total. The number of sulfone groups is 1. The maximum atomic E-state index is 11.9. The first-order valence-corrected chi connectivity index (χ1v) is 11.5. The molecule has 25 heavy (non-hydrogen) atoms. The van der Waals surface area contributed by atoms with Crippen LogP contribution in [0.1, 0.15) is 31.0 Å². The highest BCUT2D eigenvalue weighted by Gasteiger charge is 2.16. The number of aryl methyl sites for hydroxylation is 2. The second-order valence-electron chi connectivity index (χ2n) is 6.07. The number of aromatic nitrogens is 1. The van der Waals surface area contributed by atoms with E-state index in [1.165, 1.54) is 6.26 Å². The lowest BCUT2D eigenvalue weighted by molar-refractivity contribution is 0.300. The van der Waals surface area contributed by atoms with Crippen LogP contribution < -0.4 is 0 Å². The van der Waals surface area contributed by atoms with Crippen LogP contribution in [-0.2, 0) is 16.3 Å². The van der Waals surface area contributed by atoms with Crippen molar-refractivity contribution >= 4 is 32.8 Å². The standard InChI is InChI=1S/C18H25ClN2O2S2/c1-5-21(6-2)11-7-8-17-20-13(3)18(24-17)14-9-10-15(19)16(12-14)25(4,22)23/h9-10,12H,5-8,11H2,1-4H3. The first kappa shape index (κ1) is 20.4. The van der Waals surface area contributed by atoms with Crippen LogP contribution in [-0.4, -0.2) is 44.2 Å². The molecule has 0 aliphatic rings. The second-order valence-corrected chi connectivity index (χ2v) is 9.54. The van der Waals surface area contributed by atoms with Crippen LogP contribution in [0.3, 0.4) is 0 Å². The molecule has 0 aliphatic heterocycles. The van der Waals surface area contributed by atoms with Crippen molar-refractivity contribution in [2.24, 2.45) is 0 Å². The Hall–Kier alpha value is -0.950.